The van der Waals surface area contributed by atoms with E-state index in [1.54, 1.807) is 32.3 Å². The second-order valence-electron chi connectivity index (χ2n) is 5.83. The largest absolute Gasteiger partial charge is 0.383 e. The van der Waals surface area contributed by atoms with Crippen molar-refractivity contribution in [2.24, 2.45) is 5.92 Å². The zero-order valence-electron chi connectivity index (χ0n) is 13.1. The molecule has 0 heterocycles. The molecule has 4 nitrogen and oxygen atoms in total. The van der Waals surface area contributed by atoms with Crippen molar-refractivity contribution in [3.8, 4) is 0 Å². The van der Waals surface area contributed by atoms with Crippen LogP contribution in [0, 0.1) is 5.92 Å². The molecule has 0 saturated heterocycles. The van der Waals surface area contributed by atoms with E-state index >= 15 is 0 Å². The standard InChI is InChI=1S/C15H26N2O2S/c1-12(2)9-10-13(3)16-14-7-6-8-15(11-14)20(18,19)17(4)5/h6-8,11-13,16H,9-10H2,1-5H3. The Morgan fingerprint density at radius 3 is 2.35 bits per heavy atom. The maximum atomic E-state index is 12.1. The van der Waals surface area contributed by atoms with E-state index in [4.69, 9.17) is 0 Å². The van der Waals surface area contributed by atoms with Crippen LogP contribution in [0.15, 0.2) is 29.2 Å². The number of rotatable bonds is 7. The van der Waals surface area contributed by atoms with Gasteiger partial charge < -0.3 is 5.32 Å². The first-order chi connectivity index (χ1) is 9.23. The van der Waals surface area contributed by atoms with Gasteiger partial charge in [-0.2, -0.15) is 0 Å². The van der Waals surface area contributed by atoms with Crippen molar-refractivity contribution in [1.29, 1.82) is 0 Å². The maximum Gasteiger partial charge on any atom is 0.242 e. The van der Waals surface area contributed by atoms with Crippen LogP contribution < -0.4 is 5.32 Å². The lowest BCUT2D eigenvalue weighted by atomic mass is 10.0. The second-order valence-corrected chi connectivity index (χ2v) is 7.98. The zero-order chi connectivity index (χ0) is 15.3. The Kier molecular flexibility index (Phi) is 6.02. The third kappa shape index (κ3) is 4.80. The smallest absolute Gasteiger partial charge is 0.242 e. The summed E-state index contributed by atoms with van der Waals surface area (Å²) in [6.45, 7) is 6.53. The molecule has 0 amide bonds. The van der Waals surface area contributed by atoms with Crippen molar-refractivity contribution >= 4 is 15.7 Å². The molecule has 0 aliphatic carbocycles. The Labute approximate surface area is 123 Å². The summed E-state index contributed by atoms with van der Waals surface area (Å²) in [6.07, 6.45) is 2.23. The van der Waals surface area contributed by atoms with Crippen LogP contribution >= 0.6 is 0 Å². The molecule has 20 heavy (non-hydrogen) atoms. The van der Waals surface area contributed by atoms with Crippen molar-refractivity contribution in [2.45, 2.75) is 44.6 Å². The molecule has 0 spiro atoms. The number of hydrogen-bond donors (Lipinski definition) is 1. The molecule has 1 aromatic carbocycles. The Bertz CT molecular complexity index is 524. The average molecular weight is 298 g/mol. The molecule has 114 valence electrons. The number of sulfonamides is 1. The molecule has 0 saturated carbocycles. The van der Waals surface area contributed by atoms with E-state index in [2.05, 4.69) is 26.1 Å². The highest BCUT2D eigenvalue weighted by Gasteiger charge is 2.17. The van der Waals surface area contributed by atoms with Gasteiger partial charge in [0.2, 0.25) is 10.0 Å². The van der Waals surface area contributed by atoms with Gasteiger partial charge in [0.05, 0.1) is 4.90 Å². The van der Waals surface area contributed by atoms with E-state index < -0.39 is 10.0 Å². The van der Waals surface area contributed by atoms with E-state index in [0.717, 1.165) is 18.5 Å². The Hall–Kier alpha value is -1.07. The number of hydrogen-bond acceptors (Lipinski definition) is 3. The molecule has 1 aromatic rings. The van der Waals surface area contributed by atoms with Crippen molar-refractivity contribution in [3.63, 3.8) is 0 Å². The molecular weight excluding hydrogens is 272 g/mol. The van der Waals surface area contributed by atoms with E-state index in [9.17, 15) is 8.42 Å². The first-order valence-electron chi connectivity index (χ1n) is 7.02. The summed E-state index contributed by atoms with van der Waals surface area (Å²) >= 11 is 0. The van der Waals surface area contributed by atoms with Gasteiger partial charge in [0.25, 0.3) is 0 Å². The number of benzene rings is 1. The van der Waals surface area contributed by atoms with E-state index in [-0.39, 0.29) is 0 Å². The molecule has 0 radical (unpaired) electrons. The summed E-state index contributed by atoms with van der Waals surface area (Å²) < 4.78 is 25.4. The average Bonchev–Trinajstić information content (AvgIpc) is 2.36. The van der Waals surface area contributed by atoms with E-state index in [1.807, 2.05) is 6.07 Å². The van der Waals surface area contributed by atoms with Gasteiger partial charge in [0, 0.05) is 25.8 Å². The topological polar surface area (TPSA) is 49.4 Å². The van der Waals surface area contributed by atoms with Gasteiger partial charge in [0.1, 0.15) is 0 Å². The fraction of sp³-hybridized carbons (Fsp3) is 0.600. The molecule has 1 rings (SSSR count). The molecule has 0 aromatic heterocycles. The lowest BCUT2D eigenvalue weighted by Crippen LogP contribution is -2.22. The molecule has 0 fully saturated rings. The number of anilines is 1. The lowest BCUT2D eigenvalue weighted by molar-refractivity contribution is 0.520. The predicted octanol–water partition coefficient (Wildman–Crippen LogP) is 3.17. The molecule has 0 aliphatic rings. The van der Waals surface area contributed by atoms with Crippen LogP contribution in [-0.2, 0) is 10.0 Å². The highest BCUT2D eigenvalue weighted by atomic mass is 32.2. The fourth-order valence-corrected chi connectivity index (χ4v) is 2.85. The molecule has 1 N–H and O–H groups in total. The van der Waals surface area contributed by atoms with Crippen LogP contribution in [0.25, 0.3) is 0 Å². The molecule has 1 atom stereocenters. The van der Waals surface area contributed by atoms with Gasteiger partial charge in [-0.05, 0) is 43.9 Å². The zero-order valence-corrected chi connectivity index (χ0v) is 13.9. The first kappa shape index (κ1) is 17.0. The Balaban J connectivity index is 2.79. The molecule has 0 aliphatic heterocycles. The molecule has 1 unspecified atom stereocenters. The minimum Gasteiger partial charge on any atom is -0.383 e. The normalized spacial score (nSPS) is 13.8. The molecule has 0 bridgehead atoms. The second kappa shape index (κ2) is 7.09. The van der Waals surface area contributed by atoms with Gasteiger partial charge in [-0.15, -0.1) is 0 Å². The van der Waals surface area contributed by atoms with Gasteiger partial charge in [0.15, 0.2) is 0 Å². The fourth-order valence-electron chi connectivity index (χ4n) is 1.90. The van der Waals surface area contributed by atoms with Crippen LogP contribution in [0.3, 0.4) is 0 Å². The van der Waals surface area contributed by atoms with Crippen LogP contribution in [0.5, 0.6) is 0 Å². The quantitative estimate of drug-likeness (QED) is 0.841. The van der Waals surface area contributed by atoms with Crippen molar-refractivity contribution < 1.29 is 8.42 Å². The summed E-state index contributed by atoms with van der Waals surface area (Å²) in [4.78, 5) is 0.323. The Morgan fingerprint density at radius 1 is 1.15 bits per heavy atom. The minimum absolute atomic E-state index is 0.323. The van der Waals surface area contributed by atoms with E-state index in [0.29, 0.717) is 16.9 Å². The maximum absolute atomic E-state index is 12.1. The molecule has 5 heteroatoms. The van der Waals surface area contributed by atoms with Crippen molar-refractivity contribution in [1.82, 2.24) is 4.31 Å². The monoisotopic (exact) mass is 298 g/mol. The predicted molar refractivity (Wildman–Crippen MR) is 84.5 cm³/mol. The third-order valence-electron chi connectivity index (χ3n) is 3.20. The SMILES string of the molecule is CC(C)CCC(C)Nc1cccc(S(=O)(=O)N(C)C)c1. The lowest BCUT2D eigenvalue weighted by Gasteiger charge is -2.18. The van der Waals surface area contributed by atoms with Crippen molar-refractivity contribution in [3.05, 3.63) is 24.3 Å². The van der Waals surface area contributed by atoms with Crippen molar-refractivity contribution in [2.75, 3.05) is 19.4 Å². The summed E-state index contributed by atoms with van der Waals surface area (Å²) in [7, 11) is -0.283. The van der Waals surface area contributed by atoms with Gasteiger partial charge in [-0.1, -0.05) is 19.9 Å². The first-order valence-corrected chi connectivity index (χ1v) is 8.46. The van der Waals surface area contributed by atoms with Crippen LogP contribution in [0.1, 0.15) is 33.6 Å². The summed E-state index contributed by atoms with van der Waals surface area (Å²) in [5, 5.41) is 3.37. The van der Waals surface area contributed by atoms with E-state index in [1.165, 1.54) is 4.31 Å². The number of nitrogens with one attached hydrogen (secondary N) is 1. The van der Waals surface area contributed by atoms with Gasteiger partial charge in [-0.3, -0.25) is 0 Å². The summed E-state index contributed by atoms with van der Waals surface area (Å²) in [6, 6.07) is 7.32. The van der Waals surface area contributed by atoms with Crippen LogP contribution in [-0.4, -0.2) is 32.9 Å². The number of nitrogens with zero attached hydrogens (tertiary/aromatic N) is 1. The highest BCUT2D eigenvalue weighted by molar-refractivity contribution is 7.89. The summed E-state index contributed by atoms with van der Waals surface area (Å²) in [5.41, 5.74) is 0.851. The summed E-state index contributed by atoms with van der Waals surface area (Å²) in [5.74, 6) is 0.680. The van der Waals surface area contributed by atoms with Crippen LogP contribution in [0.2, 0.25) is 0 Å². The minimum atomic E-state index is -3.37. The highest BCUT2D eigenvalue weighted by Crippen LogP contribution is 2.19. The van der Waals surface area contributed by atoms with Gasteiger partial charge >= 0.3 is 0 Å². The van der Waals surface area contributed by atoms with Gasteiger partial charge in [-0.25, -0.2) is 12.7 Å². The Morgan fingerprint density at radius 2 is 1.80 bits per heavy atom. The molecular formula is C15H26N2O2S. The third-order valence-corrected chi connectivity index (χ3v) is 5.01. The van der Waals surface area contributed by atoms with Crippen LogP contribution in [0.4, 0.5) is 5.69 Å².